The van der Waals surface area contributed by atoms with Gasteiger partial charge < -0.3 is 10.4 Å². The molecule has 21 heavy (non-hydrogen) atoms. The minimum atomic E-state index is -0.463. The first kappa shape index (κ1) is 15.4. The summed E-state index contributed by atoms with van der Waals surface area (Å²) in [5, 5.41) is 12.7. The van der Waals surface area contributed by atoms with E-state index in [4.69, 9.17) is 0 Å². The predicted octanol–water partition coefficient (Wildman–Crippen LogP) is 4.16. The average Bonchev–Trinajstić information content (AvgIpc) is 2.39. The third-order valence-corrected chi connectivity index (χ3v) is 3.36. The third kappa shape index (κ3) is 4.26. The first-order valence-electron chi connectivity index (χ1n) is 6.93. The van der Waals surface area contributed by atoms with Crippen molar-refractivity contribution in [3.63, 3.8) is 0 Å². The largest absolute Gasteiger partial charge is 0.508 e. The van der Waals surface area contributed by atoms with Gasteiger partial charge in [-0.2, -0.15) is 0 Å². The molecule has 0 amide bonds. The highest BCUT2D eigenvalue weighted by atomic mass is 19.1. The van der Waals surface area contributed by atoms with Crippen LogP contribution in [-0.4, -0.2) is 5.11 Å². The van der Waals surface area contributed by atoms with Crippen LogP contribution in [0.1, 0.15) is 31.0 Å². The van der Waals surface area contributed by atoms with Gasteiger partial charge in [-0.3, -0.25) is 0 Å². The first-order valence-corrected chi connectivity index (χ1v) is 6.93. The highest BCUT2D eigenvalue weighted by Gasteiger charge is 2.15. The van der Waals surface area contributed by atoms with E-state index < -0.39 is 5.82 Å². The molecule has 2 aromatic carbocycles. The summed E-state index contributed by atoms with van der Waals surface area (Å²) in [6.07, 6.45) is 0. The molecule has 2 aromatic rings. The van der Waals surface area contributed by atoms with E-state index in [1.807, 2.05) is 0 Å². The van der Waals surface area contributed by atoms with Crippen molar-refractivity contribution in [3.8, 4) is 5.75 Å². The molecule has 0 heterocycles. The summed E-state index contributed by atoms with van der Waals surface area (Å²) in [5.41, 5.74) is 1.65. The standard InChI is InChI=1S/C17H19F2NO/c1-11(2)17(13-3-5-14(18)6-4-13)20-10-12-7-15(19)9-16(21)8-12/h3-9,11,17,20-21H,10H2,1-2H3. The molecule has 112 valence electrons. The molecule has 0 bridgehead atoms. The van der Waals surface area contributed by atoms with E-state index in [2.05, 4.69) is 19.2 Å². The maximum Gasteiger partial charge on any atom is 0.127 e. The van der Waals surface area contributed by atoms with Gasteiger partial charge in [-0.25, -0.2) is 8.78 Å². The van der Waals surface area contributed by atoms with Gasteiger partial charge in [-0.05, 0) is 41.3 Å². The number of nitrogens with one attached hydrogen (secondary N) is 1. The van der Waals surface area contributed by atoms with Crippen molar-refractivity contribution in [1.82, 2.24) is 5.32 Å². The molecule has 2 rings (SSSR count). The zero-order chi connectivity index (χ0) is 15.4. The topological polar surface area (TPSA) is 32.3 Å². The molecule has 0 aliphatic rings. The minimum Gasteiger partial charge on any atom is -0.508 e. The highest BCUT2D eigenvalue weighted by Crippen LogP contribution is 2.23. The smallest absolute Gasteiger partial charge is 0.127 e. The van der Waals surface area contributed by atoms with Crippen LogP contribution in [0.5, 0.6) is 5.75 Å². The fourth-order valence-electron chi connectivity index (χ4n) is 2.37. The molecule has 0 saturated carbocycles. The monoisotopic (exact) mass is 291 g/mol. The van der Waals surface area contributed by atoms with E-state index in [-0.39, 0.29) is 23.5 Å². The van der Waals surface area contributed by atoms with Gasteiger partial charge in [-0.15, -0.1) is 0 Å². The Hall–Kier alpha value is -1.94. The fraction of sp³-hybridized carbons (Fsp3) is 0.294. The van der Waals surface area contributed by atoms with Crippen molar-refractivity contribution in [2.45, 2.75) is 26.4 Å². The summed E-state index contributed by atoms with van der Waals surface area (Å²) in [7, 11) is 0. The van der Waals surface area contributed by atoms with Crippen LogP contribution >= 0.6 is 0 Å². The second kappa shape index (κ2) is 6.68. The van der Waals surface area contributed by atoms with Gasteiger partial charge in [0.15, 0.2) is 0 Å². The number of phenolic OH excluding ortho intramolecular Hbond substituents is 1. The molecule has 0 aromatic heterocycles. The van der Waals surface area contributed by atoms with Crippen LogP contribution in [0.2, 0.25) is 0 Å². The second-order valence-corrected chi connectivity index (χ2v) is 5.47. The van der Waals surface area contributed by atoms with Crippen molar-refractivity contribution in [2.24, 2.45) is 5.92 Å². The van der Waals surface area contributed by atoms with Crippen molar-refractivity contribution in [2.75, 3.05) is 0 Å². The van der Waals surface area contributed by atoms with Gasteiger partial charge in [0, 0.05) is 18.7 Å². The van der Waals surface area contributed by atoms with E-state index in [9.17, 15) is 13.9 Å². The number of hydrogen-bond donors (Lipinski definition) is 2. The van der Waals surface area contributed by atoms with Gasteiger partial charge in [-0.1, -0.05) is 26.0 Å². The van der Waals surface area contributed by atoms with Crippen LogP contribution in [-0.2, 0) is 6.54 Å². The van der Waals surface area contributed by atoms with E-state index in [0.29, 0.717) is 12.1 Å². The van der Waals surface area contributed by atoms with E-state index in [1.165, 1.54) is 24.3 Å². The molecule has 4 heteroatoms. The predicted molar refractivity (Wildman–Crippen MR) is 78.9 cm³/mol. The van der Waals surface area contributed by atoms with Crippen LogP contribution in [0.4, 0.5) is 8.78 Å². The fourth-order valence-corrected chi connectivity index (χ4v) is 2.37. The zero-order valence-electron chi connectivity index (χ0n) is 12.1. The van der Waals surface area contributed by atoms with Gasteiger partial charge in [0.2, 0.25) is 0 Å². The maximum atomic E-state index is 13.2. The van der Waals surface area contributed by atoms with Crippen molar-refractivity contribution in [1.29, 1.82) is 0 Å². The Morgan fingerprint density at radius 1 is 1.00 bits per heavy atom. The van der Waals surface area contributed by atoms with E-state index >= 15 is 0 Å². The van der Waals surface area contributed by atoms with Crippen molar-refractivity contribution < 1.29 is 13.9 Å². The number of halogens is 2. The van der Waals surface area contributed by atoms with Crippen LogP contribution < -0.4 is 5.32 Å². The molecule has 0 spiro atoms. The molecule has 0 aliphatic heterocycles. The van der Waals surface area contributed by atoms with Gasteiger partial charge in [0.1, 0.15) is 17.4 Å². The number of aromatic hydroxyl groups is 1. The molecular weight excluding hydrogens is 272 g/mol. The molecule has 0 saturated heterocycles. The van der Waals surface area contributed by atoms with Gasteiger partial charge in [0.05, 0.1) is 0 Å². The Balaban J connectivity index is 2.11. The first-order chi connectivity index (χ1) is 9.95. The molecule has 0 fully saturated rings. The molecule has 2 N–H and O–H groups in total. The SMILES string of the molecule is CC(C)C(NCc1cc(O)cc(F)c1)c1ccc(F)cc1. The van der Waals surface area contributed by atoms with Crippen LogP contribution in [0.25, 0.3) is 0 Å². The van der Waals surface area contributed by atoms with E-state index in [0.717, 1.165) is 11.6 Å². The normalized spacial score (nSPS) is 12.6. The summed E-state index contributed by atoms with van der Waals surface area (Å²) >= 11 is 0. The minimum absolute atomic E-state index is 0.0241. The molecule has 1 unspecified atom stereocenters. The highest BCUT2D eigenvalue weighted by molar-refractivity contribution is 5.28. The molecule has 1 atom stereocenters. The lowest BCUT2D eigenvalue weighted by atomic mass is 9.95. The quantitative estimate of drug-likeness (QED) is 0.867. The zero-order valence-corrected chi connectivity index (χ0v) is 12.1. The Bertz CT molecular complexity index is 576. The Morgan fingerprint density at radius 2 is 1.67 bits per heavy atom. The second-order valence-electron chi connectivity index (χ2n) is 5.47. The molecular formula is C17H19F2NO. The van der Waals surface area contributed by atoms with Crippen molar-refractivity contribution in [3.05, 3.63) is 65.2 Å². The van der Waals surface area contributed by atoms with Crippen molar-refractivity contribution >= 4 is 0 Å². The van der Waals surface area contributed by atoms with Gasteiger partial charge in [0.25, 0.3) is 0 Å². The van der Waals surface area contributed by atoms with Crippen LogP contribution in [0, 0.1) is 17.6 Å². The number of benzene rings is 2. The summed E-state index contributed by atoms with van der Waals surface area (Å²) in [5.74, 6) is -0.529. The summed E-state index contributed by atoms with van der Waals surface area (Å²) in [6.45, 7) is 4.54. The Kier molecular flexibility index (Phi) is 4.91. The van der Waals surface area contributed by atoms with Gasteiger partial charge >= 0.3 is 0 Å². The van der Waals surface area contributed by atoms with Crippen LogP contribution in [0.3, 0.4) is 0 Å². The van der Waals surface area contributed by atoms with E-state index in [1.54, 1.807) is 12.1 Å². The molecule has 0 aliphatic carbocycles. The lowest BCUT2D eigenvalue weighted by Gasteiger charge is -2.23. The Morgan fingerprint density at radius 3 is 2.24 bits per heavy atom. The van der Waals surface area contributed by atoms with Crippen LogP contribution in [0.15, 0.2) is 42.5 Å². The number of phenols is 1. The molecule has 2 nitrogen and oxygen atoms in total. The summed E-state index contributed by atoms with van der Waals surface area (Å²) in [6, 6.07) is 10.4. The molecule has 0 radical (unpaired) electrons. The number of rotatable bonds is 5. The third-order valence-electron chi connectivity index (χ3n) is 3.36. The number of hydrogen-bond acceptors (Lipinski definition) is 2. The summed E-state index contributed by atoms with van der Waals surface area (Å²) < 4.78 is 26.2. The Labute approximate surface area is 123 Å². The lowest BCUT2D eigenvalue weighted by molar-refractivity contribution is 0.408. The maximum absolute atomic E-state index is 13.2. The summed E-state index contributed by atoms with van der Waals surface area (Å²) in [4.78, 5) is 0. The lowest BCUT2D eigenvalue weighted by Crippen LogP contribution is -2.25. The average molecular weight is 291 g/mol.